The molecule has 2 aliphatic heterocycles. The summed E-state index contributed by atoms with van der Waals surface area (Å²) in [6.45, 7) is 2.62. The van der Waals surface area contributed by atoms with Gasteiger partial charge in [0.05, 0.1) is 43.9 Å². The standard InChI is InChI=1S/C18H21N5O3/c24-17(15-1-4-21-22-10-15)23-12-18(13-23)9-14(3-8-26-18)2-7-25-16-11-19-5-6-20-16/h1,4-6,10-11,14H,2-3,7-9,12-13H2/t14-/m0/s1. The number of carbonyl (C=O) groups is 1. The summed E-state index contributed by atoms with van der Waals surface area (Å²) >= 11 is 0. The fourth-order valence-electron chi connectivity index (χ4n) is 3.68. The van der Waals surface area contributed by atoms with Crippen LogP contribution in [0.25, 0.3) is 0 Å². The van der Waals surface area contributed by atoms with Crippen molar-refractivity contribution in [3.05, 3.63) is 42.6 Å². The number of ether oxygens (including phenoxy) is 2. The Kier molecular flexibility index (Phi) is 4.75. The Morgan fingerprint density at radius 3 is 2.96 bits per heavy atom. The zero-order valence-electron chi connectivity index (χ0n) is 14.5. The lowest BCUT2D eigenvalue weighted by atomic mass is 9.79. The van der Waals surface area contributed by atoms with E-state index >= 15 is 0 Å². The van der Waals surface area contributed by atoms with Gasteiger partial charge in [-0.25, -0.2) is 4.98 Å². The van der Waals surface area contributed by atoms with Crippen LogP contribution in [0.1, 0.15) is 29.6 Å². The molecule has 4 heterocycles. The third kappa shape index (κ3) is 3.65. The van der Waals surface area contributed by atoms with Gasteiger partial charge in [0.2, 0.25) is 5.88 Å². The lowest BCUT2D eigenvalue weighted by Gasteiger charge is -2.53. The number of hydrogen-bond donors (Lipinski definition) is 0. The Hall–Kier alpha value is -2.61. The molecule has 26 heavy (non-hydrogen) atoms. The minimum atomic E-state index is -0.203. The highest BCUT2D eigenvalue weighted by Crippen LogP contribution is 2.38. The van der Waals surface area contributed by atoms with Gasteiger partial charge in [-0.3, -0.25) is 9.78 Å². The molecule has 0 aromatic carbocycles. The Morgan fingerprint density at radius 2 is 2.19 bits per heavy atom. The molecule has 0 aliphatic carbocycles. The summed E-state index contributed by atoms with van der Waals surface area (Å²) in [4.78, 5) is 22.4. The highest BCUT2D eigenvalue weighted by Gasteiger charge is 2.49. The predicted octanol–water partition coefficient (Wildman–Crippen LogP) is 1.36. The van der Waals surface area contributed by atoms with Crippen molar-refractivity contribution in [1.29, 1.82) is 0 Å². The average molecular weight is 355 g/mol. The molecule has 0 N–H and O–H groups in total. The molecule has 8 heteroatoms. The second-order valence-electron chi connectivity index (χ2n) is 6.86. The zero-order chi connectivity index (χ0) is 17.8. The van der Waals surface area contributed by atoms with Crippen molar-refractivity contribution in [2.24, 2.45) is 5.92 Å². The molecule has 1 amide bonds. The van der Waals surface area contributed by atoms with Crippen molar-refractivity contribution in [3.63, 3.8) is 0 Å². The van der Waals surface area contributed by atoms with Crippen LogP contribution in [0, 0.1) is 5.92 Å². The first-order valence-electron chi connectivity index (χ1n) is 8.83. The van der Waals surface area contributed by atoms with Gasteiger partial charge in [0.1, 0.15) is 5.60 Å². The summed E-state index contributed by atoms with van der Waals surface area (Å²) < 4.78 is 11.7. The first-order valence-corrected chi connectivity index (χ1v) is 8.83. The summed E-state index contributed by atoms with van der Waals surface area (Å²) in [7, 11) is 0. The largest absolute Gasteiger partial charge is 0.477 e. The lowest BCUT2D eigenvalue weighted by molar-refractivity contribution is -0.166. The normalized spacial score (nSPS) is 21.2. The number of aromatic nitrogens is 4. The van der Waals surface area contributed by atoms with E-state index in [4.69, 9.17) is 9.47 Å². The molecule has 1 atom stereocenters. The Labute approximate surface area is 151 Å². The van der Waals surface area contributed by atoms with E-state index in [0.717, 1.165) is 25.9 Å². The molecule has 0 saturated carbocycles. The molecule has 8 nitrogen and oxygen atoms in total. The van der Waals surface area contributed by atoms with Gasteiger partial charge in [-0.15, -0.1) is 0 Å². The van der Waals surface area contributed by atoms with E-state index in [1.165, 1.54) is 12.4 Å². The summed E-state index contributed by atoms with van der Waals surface area (Å²) in [5.41, 5.74) is 0.366. The van der Waals surface area contributed by atoms with Crippen LogP contribution in [0.2, 0.25) is 0 Å². The number of nitrogens with zero attached hydrogens (tertiary/aromatic N) is 5. The molecule has 2 aromatic rings. The maximum atomic E-state index is 12.4. The topological polar surface area (TPSA) is 90.3 Å². The van der Waals surface area contributed by atoms with Gasteiger partial charge >= 0.3 is 0 Å². The first kappa shape index (κ1) is 16.8. The highest BCUT2D eigenvalue weighted by molar-refractivity contribution is 5.94. The average Bonchev–Trinajstić information content (AvgIpc) is 2.67. The summed E-state index contributed by atoms with van der Waals surface area (Å²) in [6, 6.07) is 1.69. The molecule has 2 aliphatic rings. The van der Waals surface area contributed by atoms with Crippen LogP contribution in [-0.2, 0) is 4.74 Å². The van der Waals surface area contributed by atoms with Crippen LogP contribution >= 0.6 is 0 Å². The molecule has 136 valence electrons. The van der Waals surface area contributed by atoms with Gasteiger partial charge in [-0.2, -0.15) is 10.2 Å². The third-order valence-electron chi connectivity index (χ3n) is 4.99. The second-order valence-corrected chi connectivity index (χ2v) is 6.86. The van der Waals surface area contributed by atoms with Crippen molar-refractivity contribution < 1.29 is 14.3 Å². The van der Waals surface area contributed by atoms with E-state index in [1.807, 2.05) is 4.90 Å². The van der Waals surface area contributed by atoms with E-state index in [2.05, 4.69) is 20.2 Å². The monoisotopic (exact) mass is 355 g/mol. The number of likely N-dealkylation sites (tertiary alicyclic amines) is 1. The van der Waals surface area contributed by atoms with E-state index in [0.29, 0.717) is 37.1 Å². The lowest BCUT2D eigenvalue weighted by Crippen LogP contribution is -2.66. The van der Waals surface area contributed by atoms with Crippen molar-refractivity contribution in [1.82, 2.24) is 25.1 Å². The van der Waals surface area contributed by atoms with Crippen LogP contribution in [0.15, 0.2) is 37.1 Å². The van der Waals surface area contributed by atoms with Crippen molar-refractivity contribution in [2.75, 3.05) is 26.3 Å². The van der Waals surface area contributed by atoms with Crippen LogP contribution in [0.4, 0.5) is 0 Å². The smallest absolute Gasteiger partial charge is 0.255 e. The molecule has 2 fully saturated rings. The molecule has 0 unspecified atom stereocenters. The van der Waals surface area contributed by atoms with Gasteiger partial charge in [0.25, 0.3) is 5.91 Å². The van der Waals surface area contributed by atoms with Crippen LogP contribution < -0.4 is 4.74 Å². The van der Waals surface area contributed by atoms with E-state index in [9.17, 15) is 4.79 Å². The Morgan fingerprint density at radius 1 is 1.27 bits per heavy atom. The van der Waals surface area contributed by atoms with Gasteiger partial charge in [-0.05, 0) is 31.2 Å². The summed E-state index contributed by atoms with van der Waals surface area (Å²) in [5, 5.41) is 7.48. The number of amides is 1. The van der Waals surface area contributed by atoms with Crippen molar-refractivity contribution >= 4 is 5.91 Å². The molecule has 0 bridgehead atoms. The van der Waals surface area contributed by atoms with Crippen molar-refractivity contribution in [3.8, 4) is 5.88 Å². The van der Waals surface area contributed by atoms with Gasteiger partial charge in [0, 0.05) is 19.0 Å². The third-order valence-corrected chi connectivity index (χ3v) is 4.99. The Balaban J connectivity index is 1.26. The van der Waals surface area contributed by atoms with Crippen LogP contribution in [-0.4, -0.2) is 62.9 Å². The fraction of sp³-hybridized carbons (Fsp3) is 0.500. The zero-order valence-corrected chi connectivity index (χ0v) is 14.5. The maximum absolute atomic E-state index is 12.4. The van der Waals surface area contributed by atoms with Gasteiger partial charge in [0.15, 0.2) is 0 Å². The molecule has 2 aromatic heterocycles. The number of hydrogen-bond acceptors (Lipinski definition) is 7. The van der Waals surface area contributed by atoms with E-state index in [-0.39, 0.29) is 11.5 Å². The van der Waals surface area contributed by atoms with E-state index < -0.39 is 0 Å². The first-order chi connectivity index (χ1) is 12.7. The molecule has 2 saturated heterocycles. The predicted molar refractivity (Wildman–Crippen MR) is 91.5 cm³/mol. The molecular formula is C18H21N5O3. The maximum Gasteiger partial charge on any atom is 0.255 e. The Bertz CT molecular complexity index is 737. The minimum absolute atomic E-state index is 0.0118. The van der Waals surface area contributed by atoms with Crippen LogP contribution in [0.5, 0.6) is 5.88 Å². The van der Waals surface area contributed by atoms with Gasteiger partial charge < -0.3 is 14.4 Å². The fourth-order valence-corrected chi connectivity index (χ4v) is 3.68. The molecular weight excluding hydrogens is 334 g/mol. The van der Waals surface area contributed by atoms with E-state index in [1.54, 1.807) is 24.7 Å². The van der Waals surface area contributed by atoms with Crippen molar-refractivity contribution in [2.45, 2.75) is 24.9 Å². The number of carbonyl (C=O) groups excluding carboxylic acids is 1. The van der Waals surface area contributed by atoms with Crippen LogP contribution in [0.3, 0.4) is 0 Å². The highest BCUT2D eigenvalue weighted by atomic mass is 16.5. The number of rotatable bonds is 5. The SMILES string of the molecule is O=C(c1ccnnc1)N1CC2(C[C@@H](CCOc3cnccn3)CCO2)C1. The van der Waals surface area contributed by atoms with Gasteiger partial charge in [-0.1, -0.05) is 0 Å². The molecule has 0 radical (unpaired) electrons. The minimum Gasteiger partial charge on any atom is -0.477 e. The molecule has 1 spiro atoms. The summed E-state index contributed by atoms with van der Waals surface area (Å²) in [5.74, 6) is 1.07. The summed E-state index contributed by atoms with van der Waals surface area (Å²) in [6.07, 6.45) is 10.8. The molecule has 4 rings (SSSR count). The second kappa shape index (κ2) is 7.33. The quantitative estimate of drug-likeness (QED) is 0.800.